The fourth-order valence-corrected chi connectivity index (χ4v) is 4.76. The van der Waals surface area contributed by atoms with Crippen LogP contribution in [-0.2, 0) is 4.79 Å². The van der Waals surface area contributed by atoms with Gasteiger partial charge in [0, 0.05) is 49.6 Å². The van der Waals surface area contributed by atoms with Crippen molar-refractivity contribution in [1.29, 1.82) is 0 Å². The molecule has 7 heteroatoms. The van der Waals surface area contributed by atoms with Gasteiger partial charge in [0.05, 0.1) is 11.7 Å². The highest BCUT2D eigenvalue weighted by molar-refractivity contribution is 6.30. The van der Waals surface area contributed by atoms with Crippen molar-refractivity contribution in [2.24, 2.45) is 5.92 Å². The van der Waals surface area contributed by atoms with Gasteiger partial charge in [0.25, 0.3) is 5.91 Å². The first-order valence-corrected chi connectivity index (χ1v) is 11.6. The maximum Gasteiger partial charge on any atom is 0.253 e. The van der Waals surface area contributed by atoms with Crippen molar-refractivity contribution < 1.29 is 9.59 Å². The van der Waals surface area contributed by atoms with Gasteiger partial charge in [0.1, 0.15) is 0 Å². The van der Waals surface area contributed by atoms with E-state index in [0.717, 1.165) is 39.0 Å². The first-order valence-electron chi connectivity index (χ1n) is 11.2. The Hall–Kier alpha value is -1.63. The van der Waals surface area contributed by atoms with Crippen LogP contribution in [0.4, 0.5) is 0 Å². The summed E-state index contributed by atoms with van der Waals surface area (Å²) in [6.45, 7) is 13.3. The topological polar surface area (TPSA) is 55.9 Å². The second-order valence-corrected chi connectivity index (χ2v) is 9.15. The highest BCUT2D eigenvalue weighted by atomic mass is 35.5. The van der Waals surface area contributed by atoms with Gasteiger partial charge in [-0.3, -0.25) is 14.9 Å². The minimum Gasteiger partial charge on any atom is -0.338 e. The lowest BCUT2D eigenvalue weighted by Crippen LogP contribution is -2.60. The molecule has 166 valence electrons. The highest BCUT2D eigenvalue weighted by Crippen LogP contribution is 2.34. The van der Waals surface area contributed by atoms with Gasteiger partial charge in [0.2, 0.25) is 5.91 Å². The molecule has 1 N–H and O–H groups in total. The number of nitrogens with zero attached hydrogens (tertiary/aromatic N) is 3. The zero-order chi connectivity index (χ0) is 21.9. The van der Waals surface area contributed by atoms with Crippen LogP contribution in [0.25, 0.3) is 0 Å². The number of hydrogen-bond donors (Lipinski definition) is 1. The Morgan fingerprint density at radius 2 is 1.80 bits per heavy atom. The van der Waals surface area contributed by atoms with Gasteiger partial charge in [-0.2, -0.15) is 0 Å². The highest BCUT2D eigenvalue weighted by Gasteiger charge is 2.52. The Labute approximate surface area is 185 Å². The second-order valence-electron chi connectivity index (χ2n) is 8.71. The molecule has 2 aliphatic rings. The summed E-state index contributed by atoms with van der Waals surface area (Å²) in [6, 6.07) is 6.90. The summed E-state index contributed by atoms with van der Waals surface area (Å²) in [5, 5.41) is 4.30. The number of amides is 2. The van der Waals surface area contributed by atoms with Crippen molar-refractivity contribution in [2.45, 2.75) is 52.2 Å². The molecule has 2 aliphatic heterocycles. The predicted octanol–water partition coefficient (Wildman–Crippen LogP) is 3.07. The van der Waals surface area contributed by atoms with E-state index in [9.17, 15) is 9.59 Å². The van der Waals surface area contributed by atoms with E-state index in [2.05, 4.69) is 42.8 Å². The van der Waals surface area contributed by atoms with Gasteiger partial charge in [-0.25, -0.2) is 0 Å². The summed E-state index contributed by atoms with van der Waals surface area (Å²) in [5.41, 5.74) is 0.305. The monoisotopic (exact) mass is 434 g/mol. The maximum absolute atomic E-state index is 13.2. The maximum atomic E-state index is 13.2. The molecule has 2 fully saturated rings. The van der Waals surface area contributed by atoms with Crippen LogP contribution >= 0.6 is 11.6 Å². The van der Waals surface area contributed by atoms with E-state index in [1.54, 1.807) is 24.3 Å². The SMILES string of the molecule is CCN(CC)CCN1C(=O)C(C(C)C)NC12CCN(C(=O)c1ccc(Cl)cc1)CC2. The molecule has 1 aromatic carbocycles. The van der Waals surface area contributed by atoms with Gasteiger partial charge in [-0.15, -0.1) is 0 Å². The van der Waals surface area contributed by atoms with Crippen LogP contribution in [0, 0.1) is 5.92 Å². The summed E-state index contributed by atoms with van der Waals surface area (Å²) < 4.78 is 0. The first kappa shape index (κ1) is 23.0. The molecule has 0 saturated carbocycles. The van der Waals surface area contributed by atoms with Crippen LogP contribution in [0.1, 0.15) is 50.9 Å². The average Bonchev–Trinajstić information content (AvgIpc) is 3.01. The van der Waals surface area contributed by atoms with Crippen molar-refractivity contribution in [3.8, 4) is 0 Å². The predicted molar refractivity (Wildman–Crippen MR) is 121 cm³/mol. The fraction of sp³-hybridized carbons (Fsp3) is 0.652. The van der Waals surface area contributed by atoms with Crippen LogP contribution in [-0.4, -0.2) is 77.5 Å². The Morgan fingerprint density at radius 3 is 2.33 bits per heavy atom. The van der Waals surface area contributed by atoms with E-state index >= 15 is 0 Å². The number of nitrogens with one attached hydrogen (secondary N) is 1. The Morgan fingerprint density at radius 1 is 1.20 bits per heavy atom. The van der Waals surface area contributed by atoms with Crippen LogP contribution < -0.4 is 5.32 Å². The largest absolute Gasteiger partial charge is 0.338 e. The third kappa shape index (κ3) is 4.66. The third-order valence-corrected chi connectivity index (χ3v) is 6.89. The van der Waals surface area contributed by atoms with Crippen LogP contribution in [0.15, 0.2) is 24.3 Å². The molecule has 30 heavy (non-hydrogen) atoms. The number of likely N-dealkylation sites (tertiary alicyclic amines) is 1. The molecule has 0 aliphatic carbocycles. The lowest BCUT2D eigenvalue weighted by Gasteiger charge is -2.45. The molecular formula is C23H35ClN4O2. The summed E-state index contributed by atoms with van der Waals surface area (Å²) in [7, 11) is 0. The summed E-state index contributed by atoms with van der Waals surface area (Å²) in [5.74, 6) is 0.470. The van der Waals surface area contributed by atoms with E-state index in [4.69, 9.17) is 11.6 Å². The average molecular weight is 435 g/mol. The fourth-order valence-electron chi connectivity index (χ4n) is 4.63. The molecule has 0 radical (unpaired) electrons. The molecule has 6 nitrogen and oxygen atoms in total. The van der Waals surface area contributed by atoms with Gasteiger partial charge in [0.15, 0.2) is 0 Å². The quantitative estimate of drug-likeness (QED) is 0.716. The van der Waals surface area contributed by atoms with Crippen LogP contribution in [0.3, 0.4) is 0 Å². The minimum atomic E-state index is -0.351. The number of halogens is 1. The zero-order valence-electron chi connectivity index (χ0n) is 18.7. The van der Waals surface area contributed by atoms with Crippen LogP contribution in [0.5, 0.6) is 0 Å². The molecule has 0 aromatic heterocycles. The van der Waals surface area contributed by atoms with Crippen molar-refractivity contribution in [2.75, 3.05) is 39.3 Å². The van der Waals surface area contributed by atoms with E-state index in [1.165, 1.54) is 0 Å². The van der Waals surface area contributed by atoms with Crippen molar-refractivity contribution in [1.82, 2.24) is 20.0 Å². The number of benzene rings is 1. The lowest BCUT2D eigenvalue weighted by molar-refractivity contribution is -0.134. The Balaban J connectivity index is 1.72. The van der Waals surface area contributed by atoms with Crippen molar-refractivity contribution in [3.05, 3.63) is 34.9 Å². The molecule has 1 spiro atoms. The van der Waals surface area contributed by atoms with E-state index in [-0.39, 0.29) is 29.4 Å². The number of rotatable bonds is 7. The van der Waals surface area contributed by atoms with Gasteiger partial charge in [-0.1, -0.05) is 39.3 Å². The van der Waals surface area contributed by atoms with E-state index < -0.39 is 0 Å². The standard InChI is InChI=1S/C23H35ClN4O2/c1-5-26(6-2)15-16-28-22(30)20(17(3)4)25-23(28)11-13-27(14-12-23)21(29)18-7-9-19(24)10-8-18/h7-10,17,20,25H,5-6,11-16H2,1-4H3. The first-order chi connectivity index (χ1) is 14.3. The minimum absolute atomic E-state index is 0.0286. The Kier molecular flexibility index (Phi) is 7.43. The molecule has 2 saturated heterocycles. The van der Waals surface area contributed by atoms with Gasteiger partial charge < -0.3 is 14.7 Å². The van der Waals surface area contributed by atoms with Crippen molar-refractivity contribution in [3.63, 3.8) is 0 Å². The molecule has 3 rings (SSSR count). The third-order valence-electron chi connectivity index (χ3n) is 6.64. The Bertz CT molecular complexity index is 740. The lowest BCUT2D eigenvalue weighted by atomic mass is 9.95. The number of carbonyl (C=O) groups excluding carboxylic acids is 2. The smallest absolute Gasteiger partial charge is 0.253 e. The summed E-state index contributed by atoms with van der Waals surface area (Å²) >= 11 is 5.95. The van der Waals surface area contributed by atoms with Gasteiger partial charge in [-0.05, 0) is 43.3 Å². The molecule has 1 aromatic rings. The molecular weight excluding hydrogens is 400 g/mol. The van der Waals surface area contributed by atoms with Gasteiger partial charge >= 0.3 is 0 Å². The summed E-state index contributed by atoms with van der Waals surface area (Å²) in [4.78, 5) is 32.4. The molecule has 2 heterocycles. The van der Waals surface area contributed by atoms with Crippen molar-refractivity contribution >= 4 is 23.4 Å². The number of carbonyl (C=O) groups is 2. The molecule has 0 bridgehead atoms. The molecule has 1 unspecified atom stereocenters. The zero-order valence-corrected chi connectivity index (χ0v) is 19.4. The normalized spacial score (nSPS) is 21.3. The number of hydrogen-bond acceptors (Lipinski definition) is 4. The summed E-state index contributed by atoms with van der Waals surface area (Å²) in [6.07, 6.45) is 1.50. The molecule has 1 atom stereocenters. The number of likely N-dealkylation sites (N-methyl/N-ethyl adjacent to an activating group) is 1. The van der Waals surface area contributed by atoms with Crippen LogP contribution in [0.2, 0.25) is 5.02 Å². The van der Waals surface area contributed by atoms with E-state index in [0.29, 0.717) is 23.7 Å². The van der Waals surface area contributed by atoms with E-state index in [1.807, 2.05) is 4.90 Å². The molecule has 2 amide bonds. The second kappa shape index (κ2) is 9.67. The number of piperidine rings is 1.